The Morgan fingerprint density at radius 2 is 1.79 bits per heavy atom. The molecule has 0 radical (unpaired) electrons. The Balaban J connectivity index is 2.00. The summed E-state index contributed by atoms with van der Waals surface area (Å²) < 4.78 is 38.7. The Morgan fingerprint density at radius 3 is 2.46 bits per heavy atom. The second-order valence-electron chi connectivity index (χ2n) is 5.16. The first-order valence-corrected chi connectivity index (χ1v) is 9.10. The zero-order valence-corrected chi connectivity index (χ0v) is 14.1. The average molecular weight is 369 g/mol. The fourth-order valence-electron chi connectivity index (χ4n) is 2.27. The van der Waals surface area contributed by atoms with Gasteiger partial charge in [-0.25, -0.2) is 0 Å². The van der Waals surface area contributed by atoms with Gasteiger partial charge in [-0.2, -0.15) is 8.42 Å². The molecule has 126 valence electrons. The van der Waals surface area contributed by atoms with Crippen molar-refractivity contribution >= 4 is 27.5 Å². The van der Waals surface area contributed by atoms with E-state index in [0.717, 1.165) is 6.26 Å². The van der Waals surface area contributed by atoms with Crippen molar-refractivity contribution in [2.24, 2.45) is 0 Å². The molecular weight excluding hydrogens is 356 g/mol. The third-order valence-corrected chi connectivity index (χ3v) is 4.13. The second kappa shape index (κ2) is 6.43. The van der Waals surface area contributed by atoms with Crippen LogP contribution in [0.2, 0.25) is 5.02 Å². The smallest absolute Gasteiger partial charge is 0.265 e. The van der Waals surface area contributed by atoms with Crippen LogP contribution < -0.4 is 9.47 Å². The maximum absolute atomic E-state index is 12.7. The third kappa shape index (κ3) is 3.69. The van der Waals surface area contributed by atoms with Crippen molar-refractivity contribution in [2.75, 3.05) is 13.0 Å². The van der Waals surface area contributed by atoms with Gasteiger partial charge in [0.1, 0.15) is 0 Å². The maximum atomic E-state index is 12.7. The van der Waals surface area contributed by atoms with Crippen LogP contribution in [-0.2, 0) is 14.3 Å². The number of Topliss-reactive ketones (excluding diaryl/α,β-unsaturated/α-hetero) is 1. The Kier molecular flexibility index (Phi) is 4.49. The molecule has 0 fully saturated rings. The summed E-state index contributed by atoms with van der Waals surface area (Å²) >= 11 is 5.81. The fourth-order valence-corrected chi connectivity index (χ4v) is 2.94. The van der Waals surface area contributed by atoms with Gasteiger partial charge < -0.3 is 9.47 Å². The molecule has 0 saturated carbocycles. The normalized spacial score (nSPS) is 14.4. The number of benzene rings is 2. The predicted octanol–water partition coefficient (Wildman–Crippen LogP) is 2.97. The first kappa shape index (κ1) is 16.8. The van der Waals surface area contributed by atoms with Gasteiger partial charge in [-0.05, 0) is 42.0 Å². The molecule has 3 rings (SSSR count). The average Bonchev–Trinajstić information content (AvgIpc) is 2.99. The van der Waals surface area contributed by atoms with Crippen LogP contribution >= 0.6 is 11.6 Å². The summed E-state index contributed by atoms with van der Waals surface area (Å²) in [6.07, 6.45) is -0.432. The lowest BCUT2D eigenvalue weighted by Gasteiger charge is -2.16. The van der Waals surface area contributed by atoms with Gasteiger partial charge in [0, 0.05) is 10.6 Å². The van der Waals surface area contributed by atoms with Crippen molar-refractivity contribution in [3.05, 3.63) is 58.6 Å². The molecule has 6 nitrogen and oxygen atoms in total. The summed E-state index contributed by atoms with van der Waals surface area (Å²) in [6, 6.07) is 10.8. The minimum atomic E-state index is -3.87. The highest BCUT2D eigenvalue weighted by molar-refractivity contribution is 7.86. The van der Waals surface area contributed by atoms with Crippen LogP contribution in [0.25, 0.3) is 0 Å². The van der Waals surface area contributed by atoms with Crippen molar-refractivity contribution in [1.82, 2.24) is 0 Å². The van der Waals surface area contributed by atoms with E-state index in [2.05, 4.69) is 0 Å². The molecular formula is C16H13ClO6S. The molecule has 2 aromatic rings. The van der Waals surface area contributed by atoms with Gasteiger partial charge in [0.25, 0.3) is 10.1 Å². The molecule has 24 heavy (non-hydrogen) atoms. The van der Waals surface area contributed by atoms with Gasteiger partial charge in [0.05, 0.1) is 6.26 Å². The first-order chi connectivity index (χ1) is 11.3. The number of carbonyl (C=O) groups excluding carboxylic acids is 1. The van der Waals surface area contributed by atoms with Gasteiger partial charge in [-0.15, -0.1) is 0 Å². The Labute approximate surface area is 144 Å². The van der Waals surface area contributed by atoms with Crippen molar-refractivity contribution in [2.45, 2.75) is 6.10 Å². The summed E-state index contributed by atoms with van der Waals surface area (Å²) in [5.41, 5.74) is 0.635. The molecule has 1 unspecified atom stereocenters. The van der Waals surface area contributed by atoms with E-state index in [0.29, 0.717) is 22.1 Å². The molecule has 1 aliphatic heterocycles. The predicted molar refractivity (Wildman–Crippen MR) is 87.0 cm³/mol. The Morgan fingerprint density at radius 1 is 1.12 bits per heavy atom. The molecule has 0 saturated heterocycles. The molecule has 0 amide bonds. The lowest BCUT2D eigenvalue weighted by Crippen LogP contribution is -2.19. The molecule has 1 heterocycles. The van der Waals surface area contributed by atoms with Crippen LogP contribution in [0.1, 0.15) is 22.0 Å². The summed E-state index contributed by atoms with van der Waals surface area (Å²) in [7, 11) is -3.87. The third-order valence-electron chi connectivity index (χ3n) is 3.34. The molecule has 0 bridgehead atoms. The van der Waals surface area contributed by atoms with Crippen molar-refractivity contribution in [1.29, 1.82) is 0 Å². The van der Waals surface area contributed by atoms with Crippen molar-refractivity contribution in [3.63, 3.8) is 0 Å². The first-order valence-electron chi connectivity index (χ1n) is 6.91. The van der Waals surface area contributed by atoms with Gasteiger partial charge in [-0.3, -0.25) is 8.98 Å². The molecule has 0 N–H and O–H groups in total. The fraction of sp³-hybridized carbons (Fsp3) is 0.188. The van der Waals surface area contributed by atoms with Crippen LogP contribution in [0.5, 0.6) is 11.5 Å². The largest absolute Gasteiger partial charge is 0.454 e. The number of ketones is 1. The maximum Gasteiger partial charge on any atom is 0.265 e. The Bertz CT molecular complexity index is 876. The van der Waals surface area contributed by atoms with E-state index in [-0.39, 0.29) is 12.4 Å². The number of ether oxygens (including phenoxy) is 2. The van der Waals surface area contributed by atoms with E-state index in [1.54, 1.807) is 24.3 Å². The van der Waals surface area contributed by atoms with Gasteiger partial charge in [0.2, 0.25) is 6.79 Å². The van der Waals surface area contributed by atoms with Gasteiger partial charge in [-0.1, -0.05) is 17.7 Å². The highest BCUT2D eigenvalue weighted by Crippen LogP contribution is 2.36. The molecule has 8 heteroatoms. The van der Waals surface area contributed by atoms with E-state index in [9.17, 15) is 13.2 Å². The summed E-state index contributed by atoms with van der Waals surface area (Å²) in [4.78, 5) is 12.7. The highest BCUT2D eigenvalue weighted by Gasteiger charge is 2.28. The quantitative estimate of drug-likeness (QED) is 0.596. The highest BCUT2D eigenvalue weighted by atomic mass is 35.5. The van der Waals surface area contributed by atoms with Crippen LogP contribution in [-0.4, -0.2) is 27.2 Å². The Hall–Kier alpha value is -2.09. The molecule has 1 atom stereocenters. The van der Waals surface area contributed by atoms with Gasteiger partial charge >= 0.3 is 0 Å². The number of carbonyl (C=O) groups is 1. The number of hydrogen-bond acceptors (Lipinski definition) is 6. The van der Waals surface area contributed by atoms with E-state index in [1.807, 2.05) is 0 Å². The topological polar surface area (TPSA) is 78.9 Å². The zero-order valence-electron chi connectivity index (χ0n) is 12.6. The van der Waals surface area contributed by atoms with Crippen LogP contribution in [0.3, 0.4) is 0 Å². The van der Waals surface area contributed by atoms with E-state index < -0.39 is 22.0 Å². The number of rotatable bonds is 5. The van der Waals surface area contributed by atoms with Crippen LogP contribution in [0, 0.1) is 0 Å². The van der Waals surface area contributed by atoms with Gasteiger partial charge in [0.15, 0.2) is 23.4 Å². The summed E-state index contributed by atoms with van der Waals surface area (Å²) in [5, 5.41) is 0.468. The van der Waals surface area contributed by atoms with Crippen molar-refractivity contribution in [3.8, 4) is 11.5 Å². The summed E-state index contributed by atoms with van der Waals surface area (Å²) in [6.45, 7) is 0.0710. The number of halogens is 1. The monoisotopic (exact) mass is 368 g/mol. The van der Waals surface area contributed by atoms with Crippen molar-refractivity contribution < 1.29 is 26.9 Å². The molecule has 0 spiro atoms. The molecule has 0 aliphatic carbocycles. The lowest BCUT2D eigenvalue weighted by molar-refractivity contribution is 0.0803. The number of fused-ring (bicyclic) bond motifs is 1. The lowest BCUT2D eigenvalue weighted by atomic mass is 10.00. The SMILES string of the molecule is CS(=O)(=O)OC(C(=O)c1ccc(Cl)cc1)c1ccc2c(c1)OCO2. The zero-order chi connectivity index (χ0) is 17.3. The van der Waals surface area contributed by atoms with E-state index >= 15 is 0 Å². The summed E-state index contributed by atoms with van der Waals surface area (Å²) in [5.74, 6) is 0.449. The molecule has 1 aliphatic rings. The second-order valence-corrected chi connectivity index (χ2v) is 7.20. The van der Waals surface area contributed by atoms with E-state index in [4.69, 9.17) is 25.3 Å². The van der Waals surface area contributed by atoms with E-state index in [1.165, 1.54) is 18.2 Å². The minimum absolute atomic E-state index is 0.0710. The molecule has 0 aromatic heterocycles. The number of hydrogen-bond donors (Lipinski definition) is 0. The standard InChI is InChI=1S/C16H13ClO6S/c1-24(19,20)23-16(15(18)10-2-5-12(17)6-3-10)11-4-7-13-14(8-11)22-9-21-13/h2-8,16H,9H2,1H3. The molecule has 2 aromatic carbocycles. The van der Waals surface area contributed by atoms with Crippen LogP contribution in [0.15, 0.2) is 42.5 Å². The minimum Gasteiger partial charge on any atom is -0.454 e. The van der Waals surface area contributed by atoms with Crippen LogP contribution in [0.4, 0.5) is 0 Å².